The minimum atomic E-state index is -4.16. The number of hydrogen-bond acceptors (Lipinski definition) is 4. The molecule has 3 N–H and O–H groups in total. The molecule has 7 nitrogen and oxygen atoms in total. The molecular formula is C17H15F4N3O4S. The second-order valence-corrected chi connectivity index (χ2v) is 7.36. The van der Waals surface area contributed by atoms with Gasteiger partial charge in [-0.1, -0.05) is 12.1 Å². The van der Waals surface area contributed by atoms with Crippen molar-refractivity contribution in [3.8, 4) is 0 Å². The summed E-state index contributed by atoms with van der Waals surface area (Å²) in [6.45, 7) is -1.00. The molecule has 0 radical (unpaired) electrons. The molecule has 0 atom stereocenters. The number of amides is 2. The first kappa shape index (κ1) is 22.3. The van der Waals surface area contributed by atoms with Gasteiger partial charge >= 0.3 is 0 Å². The minimum absolute atomic E-state index is 0.373. The quantitative estimate of drug-likeness (QED) is 0.435. The normalized spacial score (nSPS) is 11.2. The average molecular weight is 433 g/mol. The molecule has 2 aromatic rings. The van der Waals surface area contributed by atoms with Crippen LogP contribution in [0.5, 0.6) is 0 Å². The van der Waals surface area contributed by atoms with Gasteiger partial charge in [0.25, 0.3) is 0 Å². The molecule has 0 unspecified atom stereocenters. The van der Waals surface area contributed by atoms with Crippen molar-refractivity contribution in [2.24, 2.45) is 0 Å². The van der Waals surface area contributed by atoms with Gasteiger partial charge in [-0.3, -0.25) is 9.59 Å². The number of halogens is 4. The van der Waals surface area contributed by atoms with E-state index in [1.807, 2.05) is 10.0 Å². The van der Waals surface area contributed by atoms with Gasteiger partial charge in [0.2, 0.25) is 21.8 Å². The Morgan fingerprint density at radius 2 is 1.55 bits per heavy atom. The number of rotatable bonds is 8. The topological polar surface area (TPSA) is 104 Å². The van der Waals surface area contributed by atoms with E-state index in [2.05, 4.69) is 5.32 Å². The maximum atomic E-state index is 13.5. The summed E-state index contributed by atoms with van der Waals surface area (Å²) in [7, 11) is -4.16. The number of carbonyl (C=O) groups is 2. The van der Waals surface area contributed by atoms with Crippen LogP contribution in [0.4, 0.5) is 23.2 Å². The highest BCUT2D eigenvalue weighted by Gasteiger charge is 2.19. The Balaban J connectivity index is 1.79. The van der Waals surface area contributed by atoms with Gasteiger partial charge < -0.3 is 10.6 Å². The Bertz CT molecular complexity index is 1030. The third kappa shape index (κ3) is 5.99. The predicted molar refractivity (Wildman–Crippen MR) is 94.2 cm³/mol. The molecule has 29 heavy (non-hydrogen) atoms. The first-order chi connectivity index (χ1) is 13.6. The molecule has 0 fully saturated rings. The van der Waals surface area contributed by atoms with E-state index in [1.165, 1.54) is 12.1 Å². The maximum absolute atomic E-state index is 13.5. The second-order valence-electron chi connectivity index (χ2n) is 5.63. The Morgan fingerprint density at radius 1 is 0.862 bits per heavy atom. The number of benzene rings is 2. The van der Waals surface area contributed by atoms with Crippen LogP contribution < -0.4 is 15.4 Å². The standard InChI is InChI=1S/C17H15F4N3O4S/c18-10-3-1-2-4-13(10)29(27,28)23-8-7-14(25)22-9-15(26)24-12-6-5-11(19)16(20)17(12)21/h1-6,23H,7-9H2,(H,22,25)(H,24,26). The lowest BCUT2D eigenvalue weighted by molar-refractivity contribution is -0.124. The monoisotopic (exact) mass is 433 g/mol. The summed E-state index contributed by atoms with van der Waals surface area (Å²) < 4.78 is 78.8. The SMILES string of the molecule is O=C(CCNS(=O)(=O)c1ccccc1F)NCC(=O)Nc1ccc(F)c(F)c1F. The van der Waals surface area contributed by atoms with Crippen molar-refractivity contribution in [1.82, 2.24) is 10.0 Å². The van der Waals surface area contributed by atoms with Crippen LogP contribution >= 0.6 is 0 Å². The number of nitrogens with one attached hydrogen (secondary N) is 3. The van der Waals surface area contributed by atoms with Crippen LogP contribution in [0.2, 0.25) is 0 Å². The van der Waals surface area contributed by atoms with Gasteiger partial charge in [0.05, 0.1) is 12.2 Å². The first-order valence-corrected chi connectivity index (χ1v) is 9.54. The van der Waals surface area contributed by atoms with E-state index in [9.17, 15) is 35.6 Å². The van der Waals surface area contributed by atoms with Crippen LogP contribution in [0.1, 0.15) is 6.42 Å². The van der Waals surface area contributed by atoms with Crippen LogP contribution in [0.25, 0.3) is 0 Å². The van der Waals surface area contributed by atoms with Crippen LogP contribution in [0.15, 0.2) is 41.3 Å². The smallest absolute Gasteiger partial charge is 0.243 e. The highest BCUT2D eigenvalue weighted by atomic mass is 32.2. The maximum Gasteiger partial charge on any atom is 0.243 e. The molecule has 0 aromatic heterocycles. The third-order valence-corrected chi connectivity index (χ3v) is 5.02. The molecule has 0 bridgehead atoms. The minimum Gasteiger partial charge on any atom is -0.347 e. The molecule has 0 spiro atoms. The fourth-order valence-electron chi connectivity index (χ4n) is 2.12. The lowest BCUT2D eigenvalue weighted by Crippen LogP contribution is -2.35. The molecule has 0 heterocycles. The number of anilines is 1. The van der Waals surface area contributed by atoms with Crippen molar-refractivity contribution in [2.75, 3.05) is 18.4 Å². The van der Waals surface area contributed by atoms with Gasteiger partial charge in [-0.15, -0.1) is 0 Å². The molecule has 0 aliphatic rings. The summed E-state index contributed by atoms with van der Waals surface area (Å²) in [6.07, 6.45) is -0.375. The number of carbonyl (C=O) groups excluding carboxylic acids is 2. The van der Waals surface area contributed by atoms with Gasteiger partial charge in [-0.25, -0.2) is 30.7 Å². The van der Waals surface area contributed by atoms with Gasteiger partial charge in [0.15, 0.2) is 17.5 Å². The van der Waals surface area contributed by atoms with Crippen molar-refractivity contribution in [3.63, 3.8) is 0 Å². The van der Waals surface area contributed by atoms with Crippen LogP contribution in [0.3, 0.4) is 0 Å². The fourth-order valence-corrected chi connectivity index (χ4v) is 3.23. The fraction of sp³-hybridized carbons (Fsp3) is 0.176. The summed E-state index contributed by atoms with van der Waals surface area (Å²) >= 11 is 0. The third-order valence-electron chi connectivity index (χ3n) is 3.53. The zero-order chi connectivity index (χ0) is 21.6. The molecule has 156 valence electrons. The van der Waals surface area contributed by atoms with Crippen molar-refractivity contribution in [3.05, 3.63) is 59.7 Å². The highest BCUT2D eigenvalue weighted by molar-refractivity contribution is 7.89. The number of hydrogen-bond donors (Lipinski definition) is 3. The summed E-state index contributed by atoms with van der Waals surface area (Å²) in [5, 5.41) is 4.09. The summed E-state index contributed by atoms with van der Waals surface area (Å²) in [4.78, 5) is 22.8. The second kappa shape index (κ2) is 9.47. The predicted octanol–water partition coefficient (Wildman–Crippen LogP) is 1.67. The molecular weight excluding hydrogens is 418 g/mol. The van der Waals surface area contributed by atoms with E-state index >= 15 is 0 Å². The van der Waals surface area contributed by atoms with E-state index in [1.54, 1.807) is 0 Å². The lowest BCUT2D eigenvalue weighted by atomic mass is 10.2. The molecule has 12 heteroatoms. The summed E-state index contributed by atoms with van der Waals surface area (Å²) in [5.41, 5.74) is -0.610. The van der Waals surface area contributed by atoms with Crippen molar-refractivity contribution < 1.29 is 35.6 Å². The van der Waals surface area contributed by atoms with Gasteiger partial charge in [0, 0.05) is 13.0 Å². The summed E-state index contributed by atoms with van der Waals surface area (Å²) in [5.74, 6) is -7.38. The lowest BCUT2D eigenvalue weighted by Gasteiger charge is -2.09. The Kier molecular flexibility index (Phi) is 7.29. The van der Waals surface area contributed by atoms with E-state index in [0.29, 0.717) is 6.07 Å². The molecule has 0 aliphatic carbocycles. The zero-order valence-corrected chi connectivity index (χ0v) is 15.5. The van der Waals surface area contributed by atoms with Crippen LogP contribution in [-0.2, 0) is 19.6 Å². The first-order valence-electron chi connectivity index (χ1n) is 8.06. The molecule has 2 aromatic carbocycles. The average Bonchev–Trinajstić information content (AvgIpc) is 2.67. The van der Waals surface area contributed by atoms with Crippen LogP contribution in [0, 0.1) is 23.3 Å². The van der Waals surface area contributed by atoms with E-state index in [0.717, 1.165) is 18.2 Å². The molecule has 2 rings (SSSR count). The molecule has 0 aliphatic heterocycles. The Morgan fingerprint density at radius 3 is 2.24 bits per heavy atom. The van der Waals surface area contributed by atoms with Gasteiger partial charge in [-0.05, 0) is 24.3 Å². The van der Waals surface area contributed by atoms with Crippen molar-refractivity contribution >= 4 is 27.5 Å². The zero-order valence-electron chi connectivity index (χ0n) is 14.6. The molecule has 0 saturated carbocycles. The van der Waals surface area contributed by atoms with E-state index in [-0.39, 0.29) is 13.0 Å². The van der Waals surface area contributed by atoms with Crippen molar-refractivity contribution in [2.45, 2.75) is 11.3 Å². The Labute approximate surface area is 163 Å². The van der Waals surface area contributed by atoms with Gasteiger partial charge in [-0.2, -0.15) is 0 Å². The largest absolute Gasteiger partial charge is 0.347 e. The summed E-state index contributed by atoms with van der Waals surface area (Å²) in [6, 6.07) is 6.10. The number of sulfonamides is 1. The molecule has 0 saturated heterocycles. The van der Waals surface area contributed by atoms with Crippen molar-refractivity contribution in [1.29, 1.82) is 0 Å². The Hall–Kier alpha value is -2.99. The van der Waals surface area contributed by atoms with Crippen LogP contribution in [-0.4, -0.2) is 33.3 Å². The molecule has 2 amide bonds. The highest BCUT2D eigenvalue weighted by Crippen LogP contribution is 2.19. The van der Waals surface area contributed by atoms with E-state index in [4.69, 9.17) is 0 Å². The van der Waals surface area contributed by atoms with Gasteiger partial charge in [0.1, 0.15) is 10.7 Å². The van der Waals surface area contributed by atoms with E-state index < -0.39 is 62.2 Å².